The first kappa shape index (κ1) is 20.9. The van der Waals surface area contributed by atoms with Crippen molar-refractivity contribution in [1.29, 1.82) is 0 Å². The van der Waals surface area contributed by atoms with Gasteiger partial charge >= 0.3 is 5.76 Å². The molecule has 1 aliphatic heterocycles. The molecule has 0 saturated heterocycles. The molecule has 5 rings (SSSR count). The summed E-state index contributed by atoms with van der Waals surface area (Å²) in [7, 11) is 0. The fourth-order valence-corrected chi connectivity index (χ4v) is 4.98. The normalized spacial score (nSPS) is 16.9. The summed E-state index contributed by atoms with van der Waals surface area (Å²) in [4.78, 5) is 24.9. The van der Waals surface area contributed by atoms with E-state index in [0.717, 1.165) is 37.2 Å². The second-order valence-electron chi connectivity index (χ2n) is 8.50. The minimum Gasteiger partial charge on any atom is -0.486 e. The molecule has 32 heavy (non-hydrogen) atoms. The molecule has 2 aromatic carbocycles. The van der Waals surface area contributed by atoms with Gasteiger partial charge in [-0.05, 0) is 42.7 Å². The number of nitrogens with one attached hydrogen (secondary N) is 1. The van der Waals surface area contributed by atoms with Crippen molar-refractivity contribution in [3.05, 3.63) is 57.5 Å². The van der Waals surface area contributed by atoms with Crippen LogP contribution in [0.5, 0.6) is 11.5 Å². The number of nitrogens with zero attached hydrogens (tertiary/aromatic N) is 1. The molecule has 8 heteroatoms. The smallest absolute Gasteiger partial charge is 0.419 e. The van der Waals surface area contributed by atoms with E-state index in [2.05, 4.69) is 17.4 Å². The molecule has 2 aliphatic rings. The van der Waals surface area contributed by atoms with Crippen molar-refractivity contribution in [2.24, 2.45) is 0 Å². The van der Waals surface area contributed by atoms with Gasteiger partial charge in [-0.3, -0.25) is 9.36 Å². The van der Waals surface area contributed by atoms with Gasteiger partial charge in [0, 0.05) is 36.0 Å². The Morgan fingerprint density at radius 3 is 2.66 bits per heavy atom. The summed E-state index contributed by atoms with van der Waals surface area (Å²) in [6.07, 6.45) is 4.47. The van der Waals surface area contributed by atoms with Crippen LogP contribution in [0.15, 0.2) is 45.6 Å². The molecule has 168 valence electrons. The zero-order valence-electron chi connectivity index (χ0n) is 17.7. The van der Waals surface area contributed by atoms with E-state index >= 15 is 0 Å². The molecule has 1 amide bonds. The fourth-order valence-electron chi connectivity index (χ4n) is 4.81. The lowest BCUT2D eigenvalue weighted by molar-refractivity contribution is -0.121. The summed E-state index contributed by atoms with van der Waals surface area (Å²) in [6.45, 7) is 1.92. The standard InChI is InChI=1S/C24H25ClN2O5/c25-17-4-5-18-20(14-17)32-23(29)27(18)10-7-22(28)26-15-24(8-1-2-9-24)16-3-6-19-21(13-16)31-12-11-30-19/h3-6,13-14H,1-2,7-12,15H2,(H,26,28). The van der Waals surface area contributed by atoms with E-state index in [1.165, 1.54) is 10.1 Å². The van der Waals surface area contributed by atoms with Crippen LogP contribution in [-0.2, 0) is 16.8 Å². The van der Waals surface area contributed by atoms with Crippen molar-refractivity contribution in [1.82, 2.24) is 9.88 Å². The number of oxazole rings is 1. The average Bonchev–Trinajstić information content (AvgIpc) is 3.40. The van der Waals surface area contributed by atoms with Crippen LogP contribution in [0.25, 0.3) is 11.1 Å². The third kappa shape index (κ3) is 3.97. The number of amides is 1. The lowest BCUT2D eigenvalue weighted by atomic mass is 9.78. The van der Waals surface area contributed by atoms with Gasteiger partial charge < -0.3 is 19.2 Å². The van der Waals surface area contributed by atoms with Crippen LogP contribution in [0.4, 0.5) is 0 Å². The van der Waals surface area contributed by atoms with Crippen LogP contribution in [0.1, 0.15) is 37.7 Å². The molecular formula is C24H25ClN2O5. The largest absolute Gasteiger partial charge is 0.486 e. The van der Waals surface area contributed by atoms with Crippen molar-refractivity contribution in [3.63, 3.8) is 0 Å². The highest BCUT2D eigenvalue weighted by Crippen LogP contribution is 2.43. The molecule has 1 aromatic heterocycles. The topological polar surface area (TPSA) is 82.7 Å². The Kier molecular flexibility index (Phi) is 5.59. The summed E-state index contributed by atoms with van der Waals surface area (Å²) in [6, 6.07) is 11.2. The Morgan fingerprint density at radius 2 is 1.84 bits per heavy atom. The van der Waals surface area contributed by atoms with E-state index in [1.54, 1.807) is 18.2 Å². The number of ether oxygens (including phenoxy) is 2. The Bertz CT molecular complexity index is 1210. The minimum atomic E-state index is -0.487. The first-order valence-electron chi connectivity index (χ1n) is 11.0. The number of carbonyl (C=O) groups excluding carboxylic acids is 1. The van der Waals surface area contributed by atoms with Crippen molar-refractivity contribution in [2.75, 3.05) is 19.8 Å². The number of fused-ring (bicyclic) bond motifs is 2. The SMILES string of the molecule is O=C(CCn1c(=O)oc2cc(Cl)ccc21)NCC1(c2ccc3c(c2)OCCO3)CCCC1. The van der Waals surface area contributed by atoms with Gasteiger partial charge in [0.1, 0.15) is 13.2 Å². The summed E-state index contributed by atoms with van der Waals surface area (Å²) in [5.74, 6) is 0.969. The van der Waals surface area contributed by atoms with Gasteiger partial charge in [0.25, 0.3) is 0 Å². The molecule has 1 N–H and O–H groups in total. The number of hydrogen-bond donors (Lipinski definition) is 1. The van der Waals surface area contributed by atoms with Crippen molar-refractivity contribution < 1.29 is 18.7 Å². The highest BCUT2D eigenvalue weighted by Gasteiger charge is 2.36. The van der Waals surface area contributed by atoms with Crippen LogP contribution in [-0.4, -0.2) is 30.2 Å². The van der Waals surface area contributed by atoms with E-state index < -0.39 is 5.76 Å². The lowest BCUT2D eigenvalue weighted by Gasteiger charge is -2.31. The van der Waals surface area contributed by atoms with E-state index in [4.69, 9.17) is 25.5 Å². The summed E-state index contributed by atoms with van der Waals surface area (Å²) in [5, 5.41) is 3.60. The van der Waals surface area contributed by atoms with Gasteiger partial charge in [-0.1, -0.05) is 30.5 Å². The maximum atomic E-state index is 12.7. The first-order chi connectivity index (χ1) is 15.5. The quantitative estimate of drug-likeness (QED) is 0.605. The number of aromatic nitrogens is 1. The minimum absolute atomic E-state index is 0.0935. The highest BCUT2D eigenvalue weighted by molar-refractivity contribution is 6.31. The monoisotopic (exact) mass is 456 g/mol. The summed E-state index contributed by atoms with van der Waals surface area (Å²) in [5.41, 5.74) is 2.12. The van der Waals surface area contributed by atoms with Gasteiger partial charge in [0.15, 0.2) is 17.1 Å². The molecule has 0 unspecified atom stereocenters. The third-order valence-corrected chi connectivity index (χ3v) is 6.77. The zero-order valence-corrected chi connectivity index (χ0v) is 18.5. The van der Waals surface area contributed by atoms with E-state index in [9.17, 15) is 9.59 Å². The second-order valence-corrected chi connectivity index (χ2v) is 8.94. The van der Waals surface area contributed by atoms with E-state index in [0.29, 0.717) is 35.9 Å². The van der Waals surface area contributed by atoms with Gasteiger partial charge in [0.2, 0.25) is 5.91 Å². The number of halogens is 1. The molecule has 0 atom stereocenters. The predicted octanol–water partition coefficient (Wildman–Crippen LogP) is 4.04. The Hall–Kier alpha value is -2.93. The van der Waals surface area contributed by atoms with Gasteiger partial charge in [0.05, 0.1) is 5.52 Å². The Balaban J connectivity index is 1.26. The lowest BCUT2D eigenvalue weighted by Crippen LogP contribution is -2.39. The number of benzene rings is 2. The van der Waals surface area contributed by atoms with Crippen LogP contribution in [0.3, 0.4) is 0 Å². The molecule has 1 aliphatic carbocycles. The molecule has 0 spiro atoms. The zero-order chi connectivity index (χ0) is 22.1. The van der Waals surface area contributed by atoms with Crippen LogP contribution in [0, 0.1) is 0 Å². The molecule has 0 bridgehead atoms. The average molecular weight is 457 g/mol. The molecule has 0 radical (unpaired) electrons. The fraction of sp³-hybridized carbons (Fsp3) is 0.417. The molecule has 1 saturated carbocycles. The van der Waals surface area contributed by atoms with Crippen LogP contribution >= 0.6 is 11.6 Å². The molecule has 2 heterocycles. The van der Waals surface area contributed by atoms with Crippen LogP contribution < -0.4 is 20.5 Å². The van der Waals surface area contributed by atoms with Crippen LogP contribution in [0.2, 0.25) is 5.02 Å². The van der Waals surface area contributed by atoms with Crippen molar-refractivity contribution in [2.45, 2.75) is 44.1 Å². The third-order valence-electron chi connectivity index (χ3n) is 6.53. The Labute approximate surface area is 190 Å². The van der Waals surface area contributed by atoms with Gasteiger partial charge in [-0.15, -0.1) is 0 Å². The maximum Gasteiger partial charge on any atom is 0.419 e. The van der Waals surface area contributed by atoms with Gasteiger partial charge in [-0.25, -0.2) is 4.79 Å². The summed E-state index contributed by atoms with van der Waals surface area (Å²) < 4.78 is 18.1. The van der Waals surface area contributed by atoms with Crippen molar-refractivity contribution >= 4 is 28.6 Å². The maximum absolute atomic E-state index is 12.7. The number of rotatable bonds is 6. The second kappa shape index (κ2) is 8.54. The summed E-state index contributed by atoms with van der Waals surface area (Å²) >= 11 is 5.96. The van der Waals surface area contributed by atoms with E-state index in [-0.39, 0.29) is 24.3 Å². The van der Waals surface area contributed by atoms with E-state index in [1.807, 2.05) is 6.07 Å². The molecule has 1 fully saturated rings. The number of hydrogen-bond acceptors (Lipinski definition) is 5. The predicted molar refractivity (Wildman–Crippen MR) is 121 cm³/mol. The molecular weight excluding hydrogens is 432 g/mol. The first-order valence-corrected chi connectivity index (χ1v) is 11.4. The number of carbonyl (C=O) groups is 1. The van der Waals surface area contributed by atoms with Gasteiger partial charge in [-0.2, -0.15) is 0 Å². The molecule has 7 nitrogen and oxygen atoms in total. The highest BCUT2D eigenvalue weighted by atomic mass is 35.5. The molecule has 3 aromatic rings. The van der Waals surface area contributed by atoms with Crippen molar-refractivity contribution in [3.8, 4) is 11.5 Å². The Morgan fingerprint density at radius 1 is 1.06 bits per heavy atom. The number of aryl methyl sites for hydroxylation is 1.